The number of rotatable bonds is 2. The molecule has 0 saturated heterocycles. The number of nitrogens with two attached hydrogens (primary N) is 4. The molecular formula is C4H8N20. The summed E-state index contributed by atoms with van der Waals surface area (Å²) in [6.45, 7) is 0. The lowest BCUT2D eigenvalue weighted by molar-refractivity contribution is 0.871. The van der Waals surface area contributed by atoms with Gasteiger partial charge >= 0.3 is 10.2 Å². The molecule has 0 aromatic carbocycles. The molecule has 0 saturated carbocycles. The highest BCUT2D eigenvalue weighted by Crippen LogP contribution is 2.03. The summed E-state index contributed by atoms with van der Waals surface area (Å²) in [6, 6.07) is 0. The lowest BCUT2D eigenvalue weighted by atomic mass is 11.1. The lowest BCUT2D eigenvalue weighted by Crippen LogP contribution is -2.21. The molecule has 20 nitrogen and oxygen atoms in total. The quantitative estimate of drug-likeness (QED) is 0.135. The molecule has 2 heterocycles. The largest absolute Gasteiger partial charge is 0.364 e. The fourth-order valence-electron chi connectivity index (χ4n) is 0.553. The Bertz CT molecular complexity index is 643. The molecule has 24 heavy (non-hydrogen) atoms. The van der Waals surface area contributed by atoms with Crippen LogP contribution < -0.4 is 33.1 Å². The Labute approximate surface area is 130 Å². The summed E-state index contributed by atoms with van der Waals surface area (Å²) >= 11 is 0. The van der Waals surface area contributed by atoms with E-state index in [1.54, 1.807) is 0 Å². The van der Waals surface area contributed by atoms with Gasteiger partial charge in [-0.1, -0.05) is 0 Å². The molecule has 0 radical (unpaired) electrons. The third kappa shape index (κ3) is 11.0. The van der Waals surface area contributed by atoms with Crippen LogP contribution >= 0.6 is 0 Å². The van der Waals surface area contributed by atoms with Crippen molar-refractivity contribution < 1.29 is 0 Å². The molecule has 0 aliphatic heterocycles. The fraction of sp³-hybridized carbons (Fsp3) is 0. The van der Waals surface area contributed by atoms with E-state index in [0.717, 1.165) is 0 Å². The molecular weight excluding hydrogens is 328 g/mol. The molecule has 20 heteroatoms. The highest BCUT2D eigenvalue weighted by molar-refractivity contribution is 5.76. The lowest BCUT2D eigenvalue weighted by Gasteiger charge is -1.91. The number of nitrogens with zero attached hydrogens (tertiary/aromatic N) is 16. The van der Waals surface area contributed by atoms with E-state index >= 15 is 0 Å². The van der Waals surface area contributed by atoms with Gasteiger partial charge in [0.15, 0.2) is 0 Å². The molecule has 0 atom stereocenters. The molecule has 124 valence electrons. The summed E-state index contributed by atoms with van der Waals surface area (Å²) in [5.41, 5.74) is 18.7. The first-order valence-electron chi connectivity index (χ1n) is 5.14. The maximum absolute atomic E-state index is 7.51. The van der Waals surface area contributed by atoms with E-state index in [4.69, 9.17) is 10.8 Å². The first kappa shape index (κ1) is 19.1. The van der Waals surface area contributed by atoms with E-state index in [2.05, 4.69) is 94.8 Å². The predicted octanol–water partition coefficient (Wildman–Crippen LogP) is -3.56. The van der Waals surface area contributed by atoms with Crippen molar-refractivity contribution in [2.75, 3.05) is 0 Å². The van der Waals surface area contributed by atoms with Gasteiger partial charge in [0, 0.05) is 0 Å². The second-order valence-corrected chi connectivity index (χ2v) is 2.79. The summed E-state index contributed by atoms with van der Waals surface area (Å²) in [5.74, 6) is -0.422. The van der Waals surface area contributed by atoms with E-state index in [1.807, 2.05) is 0 Å². The van der Waals surface area contributed by atoms with Gasteiger partial charge in [-0.25, -0.2) is 10.2 Å². The molecule has 0 amide bonds. The molecule has 2 rings (SSSR count). The highest BCUT2D eigenvalue weighted by atomic mass is 15.5. The molecule has 8 N–H and O–H groups in total. The van der Waals surface area contributed by atoms with Gasteiger partial charge in [-0.05, 0) is 0 Å². The Kier molecular flexibility index (Phi) is 9.49. The minimum absolute atomic E-state index is 0.0415. The van der Waals surface area contributed by atoms with Gasteiger partial charge in [-0.2, -0.15) is 10.4 Å². The third-order valence-corrected chi connectivity index (χ3v) is 1.17. The number of hydrogen-bond acceptors (Lipinski definition) is 12. The van der Waals surface area contributed by atoms with Crippen LogP contribution in [0.25, 0.3) is 10.2 Å². The van der Waals surface area contributed by atoms with Gasteiger partial charge in [0.1, 0.15) is 11.9 Å². The molecule has 2 aromatic rings. The molecule has 0 aliphatic carbocycles. The maximum Gasteiger partial charge on any atom is 0.342 e. The molecule has 0 unspecified atom stereocenters. The van der Waals surface area contributed by atoms with Crippen molar-refractivity contribution in [1.29, 1.82) is 10.8 Å². The van der Waals surface area contributed by atoms with E-state index in [9.17, 15) is 0 Å². The number of diazo groups is 2. The van der Waals surface area contributed by atoms with Crippen LogP contribution in [-0.2, 0) is 0 Å². The van der Waals surface area contributed by atoms with Crippen molar-refractivity contribution in [3.63, 3.8) is 0 Å². The zero-order valence-corrected chi connectivity index (χ0v) is 11.5. The smallest absolute Gasteiger partial charge is 0.342 e. The second-order valence-electron chi connectivity index (χ2n) is 2.79. The Morgan fingerprint density at radius 2 is 1.17 bits per heavy atom. The molecule has 0 bridgehead atoms. The maximum atomic E-state index is 7.51. The highest BCUT2D eigenvalue weighted by Gasteiger charge is 1.83. The Hall–Kier alpha value is -4.88. The van der Waals surface area contributed by atoms with Crippen molar-refractivity contribution in [3.05, 3.63) is 10.2 Å². The van der Waals surface area contributed by atoms with Gasteiger partial charge in [0.25, 0.3) is 22.7 Å². The van der Waals surface area contributed by atoms with Crippen LogP contribution in [0.2, 0.25) is 0 Å². The Balaban J connectivity index is 0.000000377. The number of tetrazole rings is 2. The van der Waals surface area contributed by atoms with Crippen molar-refractivity contribution in [1.82, 2.24) is 41.2 Å². The van der Waals surface area contributed by atoms with E-state index in [0.29, 0.717) is 0 Å². The number of azo groups is 1. The minimum atomic E-state index is -0.252. The summed E-state index contributed by atoms with van der Waals surface area (Å²) in [7, 11) is 0. The summed E-state index contributed by atoms with van der Waals surface area (Å²) < 4.78 is 0. The standard InChI is InChI=1S/C2N10.2CH4N5/c3(1-5-9-10-6-1)4-2-7-11-12-8-2;2*2-1(3)5-6-4/h;2*(H4,2,3,5)/q-2;2*+1/b4-3+;;. The summed E-state index contributed by atoms with van der Waals surface area (Å²) in [6.07, 6.45) is 0. The summed E-state index contributed by atoms with van der Waals surface area (Å²) in [5, 5.41) is 58.4. The fourth-order valence-corrected chi connectivity index (χ4v) is 0.553. The van der Waals surface area contributed by atoms with Gasteiger partial charge in [-0.15, -0.1) is 10.4 Å². The second kappa shape index (κ2) is 11.9. The minimum Gasteiger partial charge on any atom is -0.364 e. The van der Waals surface area contributed by atoms with E-state index < -0.39 is 0 Å². The molecule has 0 fully saturated rings. The van der Waals surface area contributed by atoms with Gasteiger partial charge in [-0.3, -0.25) is 20.4 Å². The normalized spacial score (nSPS) is 8.42. The molecule has 0 aliphatic rings. The van der Waals surface area contributed by atoms with Crippen LogP contribution in [0.4, 0.5) is 11.9 Å². The molecule has 0 spiro atoms. The molecule has 2 aromatic heterocycles. The Morgan fingerprint density at radius 3 is 1.33 bits per heavy atom. The van der Waals surface area contributed by atoms with Crippen LogP contribution in [0.3, 0.4) is 0 Å². The van der Waals surface area contributed by atoms with Crippen LogP contribution in [-0.4, -0.2) is 43.0 Å². The van der Waals surface area contributed by atoms with Crippen LogP contribution in [0.1, 0.15) is 0 Å². The number of hydrogen-bond donors (Lipinski definition) is 4. The van der Waals surface area contributed by atoms with E-state index in [1.165, 1.54) is 0 Å². The van der Waals surface area contributed by atoms with Crippen molar-refractivity contribution in [3.8, 4) is 0 Å². The number of aromatic nitrogens is 8. The zero-order valence-electron chi connectivity index (χ0n) is 11.5. The van der Waals surface area contributed by atoms with Gasteiger partial charge in [0.05, 0.1) is 0 Å². The Morgan fingerprint density at radius 1 is 0.792 bits per heavy atom. The average Bonchev–Trinajstić information content (AvgIpc) is 3.20. The van der Waals surface area contributed by atoms with Crippen LogP contribution in [0.15, 0.2) is 20.4 Å². The van der Waals surface area contributed by atoms with Crippen molar-refractivity contribution >= 4 is 23.8 Å². The summed E-state index contributed by atoms with van der Waals surface area (Å²) in [4.78, 5) is 0. The van der Waals surface area contributed by atoms with Gasteiger partial charge < -0.3 is 22.9 Å². The number of guanidine groups is 2. The predicted molar refractivity (Wildman–Crippen MR) is 72.3 cm³/mol. The first-order valence-corrected chi connectivity index (χ1v) is 5.14. The van der Waals surface area contributed by atoms with E-state index in [-0.39, 0.29) is 23.8 Å². The van der Waals surface area contributed by atoms with Crippen LogP contribution in [0.5, 0.6) is 0 Å². The van der Waals surface area contributed by atoms with Crippen LogP contribution in [0, 0.1) is 10.8 Å². The third-order valence-electron chi connectivity index (χ3n) is 1.17. The zero-order chi connectivity index (χ0) is 18.2. The van der Waals surface area contributed by atoms with Crippen molar-refractivity contribution in [2.24, 2.45) is 43.4 Å². The average molecular weight is 336 g/mol. The topological polar surface area (TPSA) is 315 Å². The van der Waals surface area contributed by atoms with Crippen molar-refractivity contribution in [2.45, 2.75) is 0 Å². The SMILES string of the molecule is N#[N+]N=C(N)N.N#[N+]N=C(N)N.N(=N\c1nnn[n-]1)/c1nnn[n-]1. The van der Waals surface area contributed by atoms with Gasteiger partial charge in [0.2, 0.25) is 10.2 Å². The monoisotopic (exact) mass is 336 g/mol. The first-order chi connectivity index (χ1) is 11.5.